The molecule has 2 heterocycles. The van der Waals surface area contributed by atoms with Gasteiger partial charge in [-0.3, -0.25) is 9.78 Å². The molecule has 1 aromatic carbocycles. The third-order valence-corrected chi connectivity index (χ3v) is 5.95. The van der Waals surface area contributed by atoms with Gasteiger partial charge >= 0.3 is 0 Å². The Kier molecular flexibility index (Phi) is 4.96. The average molecular weight is 368 g/mol. The number of benzene rings is 1. The summed E-state index contributed by atoms with van der Waals surface area (Å²) in [6.45, 7) is 1.10. The van der Waals surface area contributed by atoms with Crippen LogP contribution in [0.4, 0.5) is 4.39 Å². The first-order valence-corrected chi connectivity index (χ1v) is 9.73. The molecule has 1 amide bonds. The van der Waals surface area contributed by atoms with Crippen LogP contribution in [0.2, 0.25) is 0 Å². The summed E-state index contributed by atoms with van der Waals surface area (Å²) >= 11 is 0. The summed E-state index contributed by atoms with van der Waals surface area (Å²) < 4.78 is 13.1. The van der Waals surface area contributed by atoms with Crippen LogP contribution in [0, 0.1) is 5.82 Å². The topological polar surface area (TPSA) is 53.4 Å². The third-order valence-electron chi connectivity index (χ3n) is 5.95. The Hall–Kier alpha value is -2.27. The fraction of sp³-hybridized carbons (Fsp3) is 0.455. The summed E-state index contributed by atoms with van der Waals surface area (Å²) in [6.07, 6.45) is 6.18. The molecule has 1 aliphatic heterocycles. The smallest absolute Gasteiger partial charge is 0.231 e. The second-order valence-corrected chi connectivity index (χ2v) is 7.85. The van der Waals surface area contributed by atoms with Gasteiger partial charge in [0.2, 0.25) is 5.91 Å². The molecule has 1 atom stereocenters. The second kappa shape index (κ2) is 7.39. The van der Waals surface area contributed by atoms with Gasteiger partial charge in [-0.05, 0) is 61.4 Å². The van der Waals surface area contributed by atoms with Gasteiger partial charge in [0, 0.05) is 25.7 Å². The molecule has 4 nitrogen and oxygen atoms in total. The molecule has 1 aliphatic carbocycles. The monoisotopic (exact) mass is 368 g/mol. The maximum absolute atomic E-state index is 13.1. The quantitative estimate of drug-likeness (QED) is 0.905. The maximum Gasteiger partial charge on any atom is 0.231 e. The minimum atomic E-state index is -0.836. The van der Waals surface area contributed by atoms with Crippen molar-refractivity contribution < 1.29 is 14.3 Å². The van der Waals surface area contributed by atoms with Gasteiger partial charge in [0.25, 0.3) is 0 Å². The first-order valence-electron chi connectivity index (χ1n) is 9.73. The van der Waals surface area contributed by atoms with Gasteiger partial charge in [-0.1, -0.05) is 18.2 Å². The molecule has 0 radical (unpaired) electrons. The number of halogens is 1. The molecular weight excluding hydrogens is 343 g/mol. The number of hydrogen-bond acceptors (Lipinski definition) is 3. The van der Waals surface area contributed by atoms with E-state index in [9.17, 15) is 14.3 Å². The zero-order valence-corrected chi connectivity index (χ0v) is 15.4. The number of carbonyl (C=O) groups is 1. The molecule has 1 fully saturated rings. The molecular formula is C22H25FN2O2. The average Bonchev–Trinajstić information content (AvgIpc) is 2.69. The third kappa shape index (κ3) is 3.88. The molecule has 27 heavy (non-hydrogen) atoms. The van der Waals surface area contributed by atoms with Crippen molar-refractivity contribution in [1.82, 2.24) is 9.88 Å². The molecule has 0 spiro atoms. The number of aliphatic hydroxyl groups is 1. The molecule has 2 aromatic rings. The van der Waals surface area contributed by atoms with Crippen molar-refractivity contribution in [2.24, 2.45) is 0 Å². The summed E-state index contributed by atoms with van der Waals surface area (Å²) in [4.78, 5) is 19.4. The standard InChI is InChI=1S/C22H25FN2O2/c23-18-8-6-16(7-9-18)15-22(27)10-13-25(14-11-22)21(26)19-5-1-3-17-4-2-12-24-20(17)19/h2,4,6-9,12,19,27H,1,3,5,10-11,13-15H2. The summed E-state index contributed by atoms with van der Waals surface area (Å²) in [6, 6.07) is 10.3. The van der Waals surface area contributed by atoms with Crippen LogP contribution in [0.3, 0.4) is 0 Å². The second-order valence-electron chi connectivity index (χ2n) is 7.85. The summed E-state index contributed by atoms with van der Waals surface area (Å²) in [5.74, 6) is -0.288. The van der Waals surface area contributed by atoms with Crippen LogP contribution in [0.5, 0.6) is 0 Å². The molecule has 1 N–H and O–H groups in total. The largest absolute Gasteiger partial charge is 0.389 e. The number of fused-ring (bicyclic) bond motifs is 1. The van der Waals surface area contributed by atoms with E-state index in [-0.39, 0.29) is 17.6 Å². The van der Waals surface area contributed by atoms with Crippen molar-refractivity contribution in [2.75, 3.05) is 13.1 Å². The lowest BCUT2D eigenvalue weighted by atomic mass is 9.83. The van der Waals surface area contributed by atoms with Gasteiger partial charge in [0.15, 0.2) is 0 Å². The molecule has 4 rings (SSSR count). The van der Waals surface area contributed by atoms with Crippen molar-refractivity contribution in [1.29, 1.82) is 0 Å². The molecule has 5 heteroatoms. The summed E-state index contributed by atoms with van der Waals surface area (Å²) in [5, 5.41) is 10.9. The van der Waals surface area contributed by atoms with Gasteiger partial charge in [0.05, 0.1) is 17.2 Å². The minimum Gasteiger partial charge on any atom is -0.389 e. The highest BCUT2D eigenvalue weighted by Gasteiger charge is 2.37. The molecule has 2 aliphatic rings. The number of pyridine rings is 1. The number of aromatic nitrogens is 1. The van der Waals surface area contributed by atoms with E-state index in [0.717, 1.165) is 30.5 Å². The number of piperidine rings is 1. The number of rotatable bonds is 3. The number of aryl methyl sites for hydroxylation is 1. The van der Waals surface area contributed by atoms with E-state index in [1.54, 1.807) is 18.3 Å². The minimum absolute atomic E-state index is 0.137. The Morgan fingerprint density at radius 3 is 2.70 bits per heavy atom. The van der Waals surface area contributed by atoms with E-state index in [0.29, 0.717) is 32.4 Å². The highest BCUT2D eigenvalue weighted by Crippen LogP contribution is 2.33. The molecule has 0 bridgehead atoms. The van der Waals surface area contributed by atoms with E-state index >= 15 is 0 Å². The lowest BCUT2D eigenvalue weighted by Gasteiger charge is -2.40. The number of nitrogens with zero attached hydrogens (tertiary/aromatic N) is 2. The zero-order valence-electron chi connectivity index (χ0n) is 15.4. The van der Waals surface area contributed by atoms with Crippen LogP contribution in [0.15, 0.2) is 42.6 Å². The predicted molar refractivity (Wildman–Crippen MR) is 101 cm³/mol. The molecule has 0 saturated carbocycles. The maximum atomic E-state index is 13.1. The van der Waals surface area contributed by atoms with Gasteiger partial charge in [-0.15, -0.1) is 0 Å². The van der Waals surface area contributed by atoms with Crippen molar-refractivity contribution in [3.63, 3.8) is 0 Å². The van der Waals surface area contributed by atoms with Gasteiger partial charge < -0.3 is 10.0 Å². The van der Waals surface area contributed by atoms with Gasteiger partial charge in [-0.25, -0.2) is 4.39 Å². The van der Waals surface area contributed by atoms with Crippen molar-refractivity contribution >= 4 is 5.91 Å². The molecule has 1 aromatic heterocycles. The van der Waals surface area contributed by atoms with Crippen molar-refractivity contribution in [3.05, 3.63) is 65.2 Å². The number of amides is 1. The fourth-order valence-corrected chi connectivity index (χ4v) is 4.37. The van der Waals surface area contributed by atoms with Crippen molar-refractivity contribution in [3.8, 4) is 0 Å². The Morgan fingerprint density at radius 1 is 1.22 bits per heavy atom. The van der Waals surface area contributed by atoms with E-state index < -0.39 is 5.60 Å². The van der Waals surface area contributed by atoms with Crippen LogP contribution in [-0.4, -0.2) is 39.6 Å². The highest BCUT2D eigenvalue weighted by atomic mass is 19.1. The molecule has 142 valence electrons. The Balaban J connectivity index is 1.40. The highest BCUT2D eigenvalue weighted by molar-refractivity contribution is 5.84. The van der Waals surface area contributed by atoms with E-state index in [1.807, 2.05) is 11.0 Å². The van der Waals surface area contributed by atoms with Crippen LogP contribution in [0.1, 0.15) is 48.4 Å². The van der Waals surface area contributed by atoms with E-state index in [1.165, 1.54) is 17.7 Å². The SMILES string of the molecule is O=C(C1CCCc2cccnc21)N1CCC(O)(Cc2ccc(F)cc2)CC1. The van der Waals surface area contributed by atoms with E-state index in [2.05, 4.69) is 11.1 Å². The zero-order chi connectivity index (χ0) is 18.9. The van der Waals surface area contributed by atoms with Crippen molar-refractivity contribution in [2.45, 2.75) is 50.0 Å². The Bertz CT molecular complexity index is 813. The summed E-state index contributed by atoms with van der Waals surface area (Å²) in [5.41, 5.74) is 2.20. The van der Waals surface area contributed by atoms with Gasteiger partial charge in [0.1, 0.15) is 5.82 Å². The Morgan fingerprint density at radius 2 is 1.96 bits per heavy atom. The van der Waals surface area contributed by atoms with Crippen LogP contribution >= 0.6 is 0 Å². The number of hydrogen-bond donors (Lipinski definition) is 1. The summed E-state index contributed by atoms with van der Waals surface area (Å²) in [7, 11) is 0. The van der Waals surface area contributed by atoms with Crippen LogP contribution in [-0.2, 0) is 17.6 Å². The first kappa shape index (κ1) is 18.1. The Labute approximate surface area is 159 Å². The normalized spacial score (nSPS) is 21.6. The molecule has 1 saturated heterocycles. The van der Waals surface area contributed by atoms with Crippen LogP contribution in [0.25, 0.3) is 0 Å². The lowest BCUT2D eigenvalue weighted by molar-refractivity contribution is -0.137. The predicted octanol–water partition coefficient (Wildman–Crippen LogP) is 3.24. The first-order chi connectivity index (χ1) is 13.0. The number of carbonyl (C=O) groups excluding carboxylic acids is 1. The van der Waals surface area contributed by atoms with Crippen LogP contribution < -0.4 is 0 Å². The fourth-order valence-electron chi connectivity index (χ4n) is 4.37. The number of likely N-dealkylation sites (tertiary alicyclic amines) is 1. The van der Waals surface area contributed by atoms with Gasteiger partial charge in [-0.2, -0.15) is 0 Å². The van der Waals surface area contributed by atoms with E-state index in [4.69, 9.17) is 0 Å². The molecule has 1 unspecified atom stereocenters. The lowest BCUT2D eigenvalue weighted by Crippen LogP contribution is -2.49.